The zero-order chi connectivity index (χ0) is 44.1. The Labute approximate surface area is 345 Å². The fourth-order valence-corrected chi connectivity index (χ4v) is 10.9. The summed E-state index contributed by atoms with van der Waals surface area (Å²) in [4.78, 5) is 50.7. The molecule has 3 amide bonds. The Balaban J connectivity index is 2.86. The summed E-state index contributed by atoms with van der Waals surface area (Å²) >= 11 is 0. The molecule has 0 aromatic carbocycles. The third-order valence-electron chi connectivity index (χ3n) is 8.23. The lowest BCUT2D eigenvalue weighted by molar-refractivity contribution is -0.310. The van der Waals surface area contributed by atoms with Gasteiger partial charge in [-0.25, -0.2) is 0 Å². The number of hydrogen-bond donors (Lipinski definition) is 5. The Morgan fingerprint density at radius 3 is 1.40 bits per heavy atom. The topological polar surface area (TPSA) is 224 Å². The molecule has 0 aromatic heterocycles. The number of carbonyl (C=O) groups excluding carboxylic acids is 3. The molecule has 0 spiro atoms. The number of ether oxygens (including phenoxy) is 3. The fourth-order valence-electron chi connectivity index (χ4n) is 6.27. The van der Waals surface area contributed by atoms with Crippen LogP contribution in [-0.4, -0.2) is 151 Å². The van der Waals surface area contributed by atoms with Crippen LogP contribution in [0.3, 0.4) is 0 Å². The molecule has 17 nitrogen and oxygen atoms in total. The van der Waals surface area contributed by atoms with Crippen LogP contribution >= 0.6 is 0 Å². The maximum absolute atomic E-state index is 13.2. The maximum atomic E-state index is 13.2. The van der Waals surface area contributed by atoms with Crippen molar-refractivity contribution in [1.29, 1.82) is 0 Å². The summed E-state index contributed by atoms with van der Waals surface area (Å²) in [6.45, 7) is 33.6. The second-order valence-electron chi connectivity index (χ2n) is 19.8. The first-order valence-corrected chi connectivity index (χ1v) is 36.8. The van der Waals surface area contributed by atoms with E-state index in [1.165, 1.54) is 13.8 Å². The summed E-state index contributed by atoms with van der Waals surface area (Å²) in [6, 6.07) is -3.37. The van der Waals surface area contributed by atoms with Gasteiger partial charge in [0.1, 0.15) is 42.5 Å². The average Bonchev–Trinajstić information content (AvgIpc) is 2.97. The van der Waals surface area contributed by atoms with Crippen LogP contribution in [0.2, 0.25) is 98.2 Å². The molecule has 11 unspecified atom stereocenters. The second kappa shape index (κ2) is 20.4. The number of hydrogen-bond acceptors (Lipinski definition) is 13. The molecule has 0 saturated carbocycles. The van der Waals surface area contributed by atoms with Crippen molar-refractivity contribution in [3.05, 3.63) is 0 Å². The van der Waals surface area contributed by atoms with Crippen molar-refractivity contribution in [1.82, 2.24) is 16.0 Å². The van der Waals surface area contributed by atoms with Gasteiger partial charge in [0.15, 0.2) is 54.1 Å². The van der Waals surface area contributed by atoms with Crippen molar-refractivity contribution in [3.63, 3.8) is 0 Å². The molecule has 2 fully saturated rings. The first kappa shape index (κ1) is 51.7. The van der Waals surface area contributed by atoms with Crippen LogP contribution in [0, 0.1) is 0 Å². The van der Waals surface area contributed by atoms with Crippen LogP contribution in [0.4, 0.5) is 0 Å². The van der Waals surface area contributed by atoms with E-state index in [-0.39, 0.29) is 19.1 Å². The molecule has 11 atom stereocenters. The molecule has 57 heavy (non-hydrogen) atoms. The molecule has 22 heteroatoms. The van der Waals surface area contributed by atoms with E-state index in [9.17, 15) is 24.3 Å². The summed E-state index contributed by atoms with van der Waals surface area (Å²) < 4.78 is 54.1. The molecule has 2 saturated heterocycles. The molecule has 2 aliphatic heterocycles. The highest BCUT2D eigenvalue weighted by molar-refractivity contribution is 6.71. The second-order valence-corrected chi connectivity index (χ2v) is 42.2. The third-order valence-corrected chi connectivity index (χ3v) is 13.2. The number of amides is 3. The van der Waals surface area contributed by atoms with Gasteiger partial charge in [0.2, 0.25) is 17.7 Å². The quantitative estimate of drug-likeness (QED) is 0.111. The molecule has 332 valence electrons. The predicted molar refractivity (Wildman–Crippen MR) is 229 cm³/mol. The molecular formula is C35H74N4O13Si5. The highest BCUT2D eigenvalue weighted by Crippen LogP contribution is 2.36. The van der Waals surface area contributed by atoms with Crippen LogP contribution in [0.15, 0.2) is 0 Å². The van der Waals surface area contributed by atoms with E-state index >= 15 is 0 Å². The normalized spacial score (nSPS) is 29.6. The number of aliphatic carboxylic acids is 1. The van der Waals surface area contributed by atoms with Gasteiger partial charge in [-0.15, -0.1) is 0 Å². The summed E-state index contributed by atoms with van der Waals surface area (Å²) in [5, 5.41) is 18.1. The summed E-state index contributed by atoms with van der Waals surface area (Å²) in [5.41, 5.74) is 5.70. The number of rotatable bonds is 20. The number of carbonyl (C=O) groups is 4. The Bertz CT molecular complexity index is 1370. The van der Waals surface area contributed by atoms with Gasteiger partial charge in [0, 0.05) is 13.8 Å². The lowest BCUT2D eigenvalue weighted by Gasteiger charge is -2.53. The molecule has 2 rings (SSSR count). The van der Waals surface area contributed by atoms with Crippen LogP contribution in [0.5, 0.6) is 0 Å². The van der Waals surface area contributed by atoms with Gasteiger partial charge < -0.3 is 63.1 Å². The van der Waals surface area contributed by atoms with E-state index in [1.807, 2.05) is 39.3 Å². The van der Waals surface area contributed by atoms with E-state index in [4.69, 9.17) is 42.1 Å². The van der Waals surface area contributed by atoms with Gasteiger partial charge >= 0.3 is 5.97 Å². The van der Waals surface area contributed by atoms with Crippen LogP contribution in [0.25, 0.3) is 0 Å². The zero-order valence-corrected chi connectivity index (χ0v) is 42.4. The highest BCUT2D eigenvalue weighted by Gasteiger charge is 2.56. The minimum Gasteiger partial charge on any atom is -0.480 e. The number of carboxylic acid groups (broad SMARTS) is 1. The van der Waals surface area contributed by atoms with Crippen LogP contribution in [-0.2, 0) is 55.5 Å². The molecule has 0 radical (unpaired) electrons. The fraction of sp³-hybridized carbons (Fsp3) is 0.886. The Hall–Kier alpha value is -1.40. The smallest absolute Gasteiger partial charge is 0.321 e. The summed E-state index contributed by atoms with van der Waals surface area (Å²) in [5.74, 6) is -2.82. The molecule has 6 N–H and O–H groups in total. The van der Waals surface area contributed by atoms with E-state index in [1.54, 1.807) is 0 Å². The van der Waals surface area contributed by atoms with Crippen molar-refractivity contribution in [2.75, 3.05) is 13.2 Å². The lowest BCUT2D eigenvalue weighted by Crippen LogP contribution is -2.73. The predicted octanol–water partition coefficient (Wildman–Crippen LogP) is 3.11. The SMILES string of the molecule is CC(=O)NC1C(NC(=O)CC(N)C(=O)O)OC(CO[Si](C)(C)C)C(OC2OC(CO[Si](C)(C)C)C(O[Si](C)(C)C)C(O[Si](C)(C)C)C2NC(C)=O)C1O[Si](C)(C)C. The van der Waals surface area contributed by atoms with Gasteiger partial charge in [0.05, 0.1) is 31.8 Å². The van der Waals surface area contributed by atoms with Gasteiger partial charge in [0.25, 0.3) is 0 Å². The van der Waals surface area contributed by atoms with Crippen molar-refractivity contribution < 1.29 is 60.6 Å². The molecule has 0 bridgehead atoms. The first-order valence-electron chi connectivity index (χ1n) is 19.7. The third kappa shape index (κ3) is 18.8. The molecule has 2 heterocycles. The van der Waals surface area contributed by atoms with E-state index in [0.717, 1.165) is 0 Å². The summed E-state index contributed by atoms with van der Waals surface area (Å²) in [6.07, 6.45) is -7.81. The lowest BCUT2D eigenvalue weighted by atomic mass is 9.94. The van der Waals surface area contributed by atoms with Crippen molar-refractivity contribution in [2.24, 2.45) is 5.73 Å². The summed E-state index contributed by atoms with van der Waals surface area (Å²) in [7, 11) is -11.4. The first-order chi connectivity index (χ1) is 25.6. The van der Waals surface area contributed by atoms with E-state index in [2.05, 4.69) is 74.9 Å². The Morgan fingerprint density at radius 2 is 1.00 bits per heavy atom. The standard InChI is InChI=1S/C35H74N4O13Si5/c1-21(40)37-27-31(51-56(12,13)14)29(24(19-45-53(3,4)5)47-33(27)39-26(42)18-23(36)34(43)44)49-35-28(38-22(2)41)32(52-57(15,16)17)30(50-55(9,10)11)25(48-35)20-46-54(6,7)8/h23-25,27-33,35H,18-20,36H2,1-17H3,(H,37,40)(H,38,41)(H,39,42)(H,43,44). The number of carboxylic acids is 1. The van der Waals surface area contributed by atoms with Crippen molar-refractivity contribution in [2.45, 2.75) is 186 Å². The minimum atomic E-state index is -2.51. The zero-order valence-electron chi connectivity index (χ0n) is 37.4. The van der Waals surface area contributed by atoms with Crippen LogP contribution in [0.1, 0.15) is 20.3 Å². The number of nitrogens with one attached hydrogen (secondary N) is 3. The maximum Gasteiger partial charge on any atom is 0.321 e. The number of nitrogens with two attached hydrogens (primary N) is 1. The van der Waals surface area contributed by atoms with Crippen LogP contribution < -0.4 is 21.7 Å². The monoisotopic (exact) mass is 898 g/mol. The largest absolute Gasteiger partial charge is 0.480 e. The van der Waals surface area contributed by atoms with Crippen molar-refractivity contribution >= 4 is 65.3 Å². The van der Waals surface area contributed by atoms with Gasteiger partial charge in [-0.3, -0.25) is 19.2 Å². The minimum absolute atomic E-state index is 0.00955. The van der Waals surface area contributed by atoms with E-state index < -0.39 is 133 Å². The Morgan fingerprint density at radius 1 is 0.596 bits per heavy atom. The van der Waals surface area contributed by atoms with Crippen molar-refractivity contribution in [3.8, 4) is 0 Å². The van der Waals surface area contributed by atoms with Gasteiger partial charge in [-0.1, -0.05) is 0 Å². The molecular weight excluding hydrogens is 825 g/mol. The Kier molecular flexibility index (Phi) is 18.6. The molecule has 2 aliphatic rings. The molecule has 0 aliphatic carbocycles. The highest BCUT2D eigenvalue weighted by atomic mass is 28.4. The van der Waals surface area contributed by atoms with Gasteiger partial charge in [-0.05, 0) is 98.2 Å². The average molecular weight is 899 g/mol. The van der Waals surface area contributed by atoms with Gasteiger partial charge in [-0.2, -0.15) is 0 Å². The molecule has 0 aromatic rings. The van der Waals surface area contributed by atoms with E-state index in [0.29, 0.717) is 0 Å².